The highest BCUT2D eigenvalue weighted by atomic mass is 35.5. The van der Waals surface area contributed by atoms with E-state index in [1.165, 1.54) is 36.7 Å². The van der Waals surface area contributed by atoms with E-state index in [0.717, 1.165) is 4.68 Å². The van der Waals surface area contributed by atoms with Gasteiger partial charge in [0, 0.05) is 11.2 Å². The number of benzene rings is 1. The Labute approximate surface area is 141 Å². The number of carbonyl (C=O) groups is 2. The second kappa shape index (κ2) is 6.40. The lowest BCUT2D eigenvalue weighted by Crippen LogP contribution is -2.16. The van der Waals surface area contributed by atoms with Crippen LogP contribution in [0.4, 0.5) is 5.69 Å². The van der Waals surface area contributed by atoms with Gasteiger partial charge in [0.15, 0.2) is 11.5 Å². The summed E-state index contributed by atoms with van der Waals surface area (Å²) >= 11 is 5.87. The van der Waals surface area contributed by atoms with Gasteiger partial charge in [-0.25, -0.2) is 4.68 Å². The second-order valence-electron chi connectivity index (χ2n) is 4.68. The number of anilines is 1. The summed E-state index contributed by atoms with van der Waals surface area (Å²) in [7, 11) is 0. The maximum absolute atomic E-state index is 12.2. The van der Waals surface area contributed by atoms with Gasteiger partial charge < -0.3 is 9.73 Å². The van der Waals surface area contributed by atoms with E-state index >= 15 is 0 Å². The van der Waals surface area contributed by atoms with Crippen molar-refractivity contribution in [3.05, 3.63) is 70.9 Å². The smallest absolute Gasteiger partial charge is 0.313 e. The van der Waals surface area contributed by atoms with E-state index in [1.54, 1.807) is 12.1 Å². The first-order valence-corrected chi connectivity index (χ1v) is 7.11. The second-order valence-corrected chi connectivity index (χ2v) is 5.12. The van der Waals surface area contributed by atoms with Crippen molar-refractivity contribution in [2.75, 3.05) is 5.32 Å². The Morgan fingerprint density at radius 2 is 2.12 bits per heavy atom. The largest absolute Gasteiger partial charge is 0.459 e. The molecule has 0 aliphatic heterocycles. The molecule has 0 saturated heterocycles. The molecule has 118 valence electrons. The maximum Gasteiger partial charge on any atom is 0.313 e. The van der Waals surface area contributed by atoms with Crippen LogP contribution in [0, 0.1) is 11.3 Å². The average Bonchev–Trinajstić information content (AvgIpc) is 3.26. The summed E-state index contributed by atoms with van der Waals surface area (Å²) in [6, 6.07) is 10.9. The third-order valence-corrected chi connectivity index (χ3v) is 3.35. The summed E-state index contributed by atoms with van der Waals surface area (Å²) in [6.45, 7) is 0. The summed E-state index contributed by atoms with van der Waals surface area (Å²) in [5.41, 5.74) is 0.541. The first kappa shape index (κ1) is 15.5. The summed E-state index contributed by atoms with van der Waals surface area (Å²) in [5.74, 6) is -0.967. The lowest BCUT2D eigenvalue weighted by atomic mass is 10.2. The fourth-order valence-electron chi connectivity index (χ4n) is 1.98. The lowest BCUT2D eigenvalue weighted by molar-refractivity contribution is 0.0916. The average molecular weight is 341 g/mol. The van der Waals surface area contributed by atoms with Crippen molar-refractivity contribution in [3.63, 3.8) is 0 Å². The minimum Gasteiger partial charge on any atom is -0.459 e. The molecule has 1 aromatic carbocycles. The predicted molar refractivity (Wildman–Crippen MR) is 84.8 cm³/mol. The number of rotatable bonds is 3. The molecule has 0 saturated carbocycles. The summed E-state index contributed by atoms with van der Waals surface area (Å²) < 4.78 is 5.99. The minimum atomic E-state index is -0.570. The molecule has 7 nitrogen and oxygen atoms in total. The number of aromatic nitrogens is 2. The van der Waals surface area contributed by atoms with Crippen molar-refractivity contribution in [1.82, 2.24) is 9.78 Å². The number of carbonyl (C=O) groups excluding carboxylic acids is 2. The Morgan fingerprint density at radius 3 is 2.83 bits per heavy atom. The number of nitrogens with zero attached hydrogens (tertiary/aromatic N) is 3. The van der Waals surface area contributed by atoms with Crippen LogP contribution in [0.15, 0.2) is 53.3 Å². The Morgan fingerprint density at radius 1 is 1.29 bits per heavy atom. The molecule has 1 N–H and O–H groups in total. The van der Waals surface area contributed by atoms with Crippen LogP contribution in [0.2, 0.25) is 5.02 Å². The Balaban J connectivity index is 1.81. The van der Waals surface area contributed by atoms with Crippen molar-refractivity contribution in [2.24, 2.45) is 0 Å². The van der Waals surface area contributed by atoms with E-state index in [1.807, 2.05) is 6.07 Å². The van der Waals surface area contributed by atoms with Gasteiger partial charge in [0.2, 0.25) is 0 Å². The third kappa shape index (κ3) is 3.04. The molecule has 1 amide bonds. The van der Waals surface area contributed by atoms with Crippen LogP contribution in [0.25, 0.3) is 0 Å². The molecule has 0 fully saturated rings. The Bertz CT molecular complexity index is 954. The molecule has 2 heterocycles. The highest BCUT2D eigenvalue weighted by molar-refractivity contribution is 6.31. The van der Waals surface area contributed by atoms with Gasteiger partial charge in [0.1, 0.15) is 6.07 Å². The Kier molecular flexibility index (Phi) is 4.14. The number of halogens is 1. The molecule has 0 aliphatic carbocycles. The molecule has 24 heavy (non-hydrogen) atoms. The topological polar surface area (TPSA) is 101 Å². The molecule has 2 aromatic heterocycles. The third-order valence-electron chi connectivity index (χ3n) is 3.11. The van der Waals surface area contributed by atoms with Crippen LogP contribution >= 0.6 is 11.6 Å². The first-order chi connectivity index (χ1) is 11.6. The number of amides is 1. The SMILES string of the molecule is N#Cc1ccc(Cl)cc1NC(=O)c1ccn(C(=O)c2ccco2)n1. The fourth-order valence-corrected chi connectivity index (χ4v) is 2.15. The van der Waals surface area contributed by atoms with Gasteiger partial charge in [0.25, 0.3) is 5.91 Å². The van der Waals surface area contributed by atoms with Crippen molar-refractivity contribution in [2.45, 2.75) is 0 Å². The highest BCUT2D eigenvalue weighted by Gasteiger charge is 2.17. The van der Waals surface area contributed by atoms with Gasteiger partial charge in [-0.3, -0.25) is 9.59 Å². The van der Waals surface area contributed by atoms with Crippen LogP contribution in [-0.4, -0.2) is 21.6 Å². The number of hydrogen-bond acceptors (Lipinski definition) is 5. The van der Waals surface area contributed by atoms with Crippen LogP contribution < -0.4 is 5.32 Å². The minimum absolute atomic E-state index is 0.0128. The lowest BCUT2D eigenvalue weighted by Gasteiger charge is -2.05. The molecule has 0 unspecified atom stereocenters. The maximum atomic E-state index is 12.2. The number of hydrogen-bond donors (Lipinski definition) is 1. The molecule has 0 spiro atoms. The van der Waals surface area contributed by atoms with Gasteiger partial charge in [0.05, 0.1) is 17.5 Å². The first-order valence-electron chi connectivity index (χ1n) is 6.73. The van der Waals surface area contributed by atoms with E-state index in [9.17, 15) is 9.59 Å². The molecule has 3 rings (SSSR count). The summed E-state index contributed by atoms with van der Waals surface area (Å²) in [6.07, 6.45) is 2.72. The summed E-state index contributed by atoms with van der Waals surface area (Å²) in [5, 5.41) is 15.9. The van der Waals surface area contributed by atoms with E-state index in [4.69, 9.17) is 21.3 Å². The van der Waals surface area contributed by atoms with Gasteiger partial charge >= 0.3 is 5.91 Å². The van der Waals surface area contributed by atoms with Crippen molar-refractivity contribution in [3.8, 4) is 6.07 Å². The van der Waals surface area contributed by atoms with Crippen LogP contribution in [0.1, 0.15) is 26.6 Å². The molecule has 0 bridgehead atoms. The van der Waals surface area contributed by atoms with E-state index in [0.29, 0.717) is 5.02 Å². The van der Waals surface area contributed by atoms with Crippen LogP contribution in [0.3, 0.4) is 0 Å². The standard InChI is InChI=1S/C16H9ClN4O3/c17-11-4-3-10(9-18)13(8-11)19-15(22)12-5-6-21(20-12)16(23)14-2-1-7-24-14/h1-8H,(H,19,22). The quantitative estimate of drug-likeness (QED) is 0.789. The molecule has 0 radical (unpaired) electrons. The van der Waals surface area contributed by atoms with E-state index in [-0.39, 0.29) is 22.7 Å². The van der Waals surface area contributed by atoms with Crippen LogP contribution in [0.5, 0.6) is 0 Å². The number of furan rings is 1. The molecular formula is C16H9ClN4O3. The van der Waals surface area contributed by atoms with E-state index < -0.39 is 11.8 Å². The molecule has 8 heteroatoms. The predicted octanol–water partition coefficient (Wildman–Crippen LogP) is 2.94. The molecule has 0 aliphatic rings. The van der Waals surface area contributed by atoms with Crippen molar-refractivity contribution < 1.29 is 14.0 Å². The van der Waals surface area contributed by atoms with Gasteiger partial charge in [-0.1, -0.05) is 11.6 Å². The fraction of sp³-hybridized carbons (Fsp3) is 0. The van der Waals surface area contributed by atoms with Gasteiger partial charge in [-0.2, -0.15) is 10.4 Å². The van der Waals surface area contributed by atoms with Gasteiger partial charge in [-0.15, -0.1) is 0 Å². The highest BCUT2D eigenvalue weighted by Crippen LogP contribution is 2.21. The monoisotopic (exact) mass is 340 g/mol. The van der Waals surface area contributed by atoms with Crippen LogP contribution in [-0.2, 0) is 0 Å². The Hall–Kier alpha value is -3.37. The van der Waals surface area contributed by atoms with E-state index in [2.05, 4.69) is 10.4 Å². The zero-order chi connectivity index (χ0) is 17.1. The molecular weight excluding hydrogens is 332 g/mol. The number of nitriles is 1. The zero-order valence-electron chi connectivity index (χ0n) is 12.1. The summed E-state index contributed by atoms with van der Waals surface area (Å²) in [4.78, 5) is 24.3. The zero-order valence-corrected chi connectivity index (χ0v) is 12.8. The number of nitrogens with one attached hydrogen (secondary N) is 1. The normalized spacial score (nSPS) is 10.2. The van der Waals surface area contributed by atoms with Gasteiger partial charge in [-0.05, 0) is 36.4 Å². The molecule has 3 aromatic rings. The molecule has 0 atom stereocenters. The van der Waals surface area contributed by atoms with Crippen molar-refractivity contribution >= 4 is 29.1 Å². The van der Waals surface area contributed by atoms with Crippen molar-refractivity contribution in [1.29, 1.82) is 5.26 Å².